The van der Waals surface area contributed by atoms with Crippen molar-refractivity contribution in [2.75, 3.05) is 12.3 Å². The van der Waals surface area contributed by atoms with Crippen LogP contribution >= 0.6 is 0 Å². The molecule has 1 rings (SSSR count). The van der Waals surface area contributed by atoms with Gasteiger partial charge in [-0.1, -0.05) is 25.5 Å². The van der Waals surface area contributed by atoms with E-state index in [0.717, 1.165) is 18.8 Å². The summed E-state index contributed by atoms with van der Waals surface area (Å²) in [5.74, 6) is 0. The molecule has 0 fully saturated rings. The summed E-state index contributed by atoms with van der Waals surface area (Å²) < 4.78 is 0. The van der Waals surface area contributed by atoms with Crippen molar-refractivity contribution in [2.24, 2.45) is 0 Å². The predicted molar refractivity (Wildman–Crippen MR) is 57.5 cm³/mol. The molecule has 0 unspecified atom stereocenters. The van der Waals surface area contributed by atoms with Crippen LogP contribution in [0.4, 0.5) is 5.69 Å². The van der Waals surface area contributed by atoms with E-state index < -0.39 is 0 Å². The van der Waals surface area contributed by atoms with Crippen LogP contribution in [0.3, 0.4) is 0 Å². The third-order valence-electron chi connectivity index (χ3n) is 1.99. The van der Waals surface area contributed by atoms with E-state index in [4.69, 9.17) is 5.73 Å². The molecule has 0 saturated carbocycles. The highest BCUT2D eigenvalue weighted by Gasteiger charge is 1.92. The van der Waals surface area contributed by atoms with Crippen LogP contribution in [0.5, 0.6) is 0 Å². The monoisotopic (exact) mass is 178 g/mol. The van der Waals surface area contributed by atoms with E-state index in [9.17, 15) is 0 Å². The molecule has 0 bridgehead atoms. The molecule has 3 N–H and O–H groups in total. The first-order valence-electron chi connectivity index (χ1n) is 4.88. The normalized spacial score (nSPS) is 10.2. The van der Waals surface area contributed by atoms with E-state index in [1.165, 1.54) is 18.4 Å². The number of hydrogen-bond acceptors (Lipinski definition) is 2. The van der Waals surface area contributed by atoms with Gasteiger partial charge in [0.25, 0.3) is 0 Å². The second-order valence-electron chi connectivity index (χ2n) is 3.28. The second kappa shape index (κ2) is 5.60. The van der Waals surface area contributed by atoms with Gasteiger partial charge in [-0.2, -0.15) is 0 Å². The summed E-state index contributed by atoms with van der Waals surface area (Å²) in [5.41, 5.74) is 7.76. The average Bonchev–Trinajstić information content (AvgIpc) is 2.13. The lowest BCUT2D eigenvalue weighted by Gasteiger charge is -2.04. The van der Waals surface area contributed by atoms with Gasteiger partial charge >= 0.3 is 0 Å². The molecular weight excluding hydrogens is 160 g/mol. The molecule has 72 valence electrons. The van der Waals surface area contributed by atoms with Gasteiger partial charge in [-0.15, -0.1) is 0 Å². The first kappa shape index (κ1) is 10.1. The maximum Gasteiger partial charge on any atom is 0.0317 e. The summed E-state index contributed by atoms with van der Waals surface area (Å²) >= 11 is 0. The lowest BCUT2D eigenvalue weighted by Crippen LogP contribution is -2.14. The van der Waals surface area contributed by atoms with E-state index in [2.05, 4.69) is 18.3 Å². The fourth-order valence-corrected chi connectivity index (χ4v) is 1.24. The number of nitrogen functional groups attached to an aromatic ring is 1. The largest absolute Gasteiger partial charge is 0.399 e. The molecule has 0 heterocycles. The zero-order valence-electron chi connectivity index (χ0n) is 8.22. The Kier molecular flexibility index (Phi) is 4.33. The van der Waals surface area contributed by atoms with Gasteiger partial charge in [-0.05, 0) is 30.7 Å². The van der Waals surface area contributed by atoms with Crippen LogP contribution < -0.4 is 11.1 Å². The van der Waals surface area contributed by atoms with Crippen molar-refractivity contribution in [3.8, 4) is 0 Å². The molecule has 2 nitrogen and oxygen atoms in total. The van der Waals surface area contributed by atoms with Crippen LogP contribution in [-0.2, 0) is 6.54 Å². The minimum atomic E-state index is 0.842. The highest BCUT2D eigenvalue weighted by Crippen LogP contribution is 2.05. The molecule has 0 saturated heterocycles. The number of anilines is 1. The lowest BCUT2D eigenvalue weighted by molar-refractivity contribution is 0.641. The fraction of sp³-hybridized carbons (Fsp3) is 0.455. The predicted octanol–water partition coefficient (Wildman–Crippen LogP) is 2.16. The van der Waals surface area contributed by atoms with E-state index in [1.807, 2.05) is 18.2 Å². The summed E-state index contributed by atoms with van der Waals surface area (Å²) in [6, 6.07) is 8.01. The first-order valence-corrected chi connectivity index (χ1v) is 4.88. The van der Waals surface area contributed by atoms with E-state index in [1.54, 1.807) is 0 Å². The average molecular weight is 178 g/mol. The van der Waals surface area contributed by atoms with Crippen LogP contribution in [-0.4, -0.2) is 6.54 Å². The molecule has 0 spiro atoms. The molecule has 0 aliphatic heterocycles. The van der Waals surface area contributed by atoms with Crippen LogP contribution in [0, 0.1) is 0 Å². The molecule has 13 heavy (non-hydrogen) atoms. The third kappa shape index (κ3) is 3.95. The van der Waals surface area contributed by atoms with Crippen molar-refractivity contribution in [2.45, 2.75) is 26.3 Å². The third-order valence-corrected chi connectivity index (χ3v) is 1.99. The number of nitrogens with two attached hydrogens (primary N) is 1. The topological polar surface area (TPSA) is 38.0 Å². The van der Waals surface area contributed by atoms with Crippen molar-refractivity contribution in [3.63, 3.8) is 0 Å². The van der Waals surface area contributed by atoms with Crippen molar-refractivity contribution in [1.29, 1.82) is 0 Å². The summed E-state index contributed by atoms with van der Waals surface area (Å²) in [4.78, 5) is 0. The number of benzene rings is 1. The summed E-state index contributed by atoms with van der Waals surface area (Å²) in [7, 11) is 0. The maximum atomic E-state index is 5.66. The Morgan fingerprint density at radius 2 is 2.23 bits per heavy atom. The highest BCUT2D eigenvalue weighted by atomic mass is 14.8. The molecule has 0 amide bonds. The zero-order valence-corrected chi connectivity index (χ0v) is 8.22. The number of hydrogen-bond donors (Lipinski definition) is 2. The summed E-state index contributed by atoms with van der Waals surface area (Å²) in [6.45, 7) is 4.21. The van der Waals surface area contributed by atoms with Gasteiger partial charge in [-0.3, -0.25) is 0 Å². The van der Waals surface area contributed by atoms with Gasteiger partial charge in [0.05, 0.1) is 0 Å². The molecule has 0 aliphatic rings. The van der Waals surface area contributed by atoms with Crippen molar-refractivity contribution in [1.82, 2.24) is 5.32 Å². The number of nitrogens with one attached hydrogen (secondary N) is 1. The van der Waals surface area contributed by atoms with Crippen molar-refractivity contribution in [3.05, 3.63) is 29.8 Å². The quantitative estimate of drug-likeness (QED) is 0.535. The van der Waals surface area contributed by atoms with Crippen molar-refractivity contribution >= 4 is 5.69 Å². The van der Waals surface area contributed by atoms with Crippen molar-refractivity contribution < 1.29 is 0 Å². The zero-order chi connectivity index (χ0) is 9.52. The molecule has 0 aliphatic carbocycles. The Balaban J connectivity index is 2.28. The maximum absolute atomic E-state index is 5.66. The molecule has 2 heteroatoms. The van der Waals surface area contributed by atoms with Gasteiger partial charge in [0.15, 0.2) is 0 Å². The van der Waals surface area contributed by atoms with Crippen LogP contribution in [0.25, 0.3) is 0 Å². The van der Waals surface area contributed by atoms with E-state index in [-0.39, 0.29) is 0 Å². The standard InChI is InChI=1S/C11H18N2/c1-2-3-7-13-9-10-5-4-6-11(12)8-10/h4-6,8,13H,2-3,7,9,12H2,1H3. The Bertz CT molecular complexity index is 246. The van der Waals surface area contributed by atoms with E-state index >= 15 is 0 Å². The van der Waals surface area contributed by atoms with Crippen LogP contribution in [0.2, 0.25) is 0 Å². The molecule has 0 aromatic heterocycles. The van der Waals surface area contributed by atoms with Gasteiger partial charge in [0, 0.05) is 12.2 Å². The van der Waals surface area contributed by atoms with Crippen LogP contribution in [0.15, 0.2) is 24.3 Å². The summed E-state index contributed by atoms with van der Waals surface area (Å²) in [5, 5.41) is 3.37. The smallest absolute Gasteiger partial charge is 0.0317 e. The van der Waals surface area contributed by atoms with Gasteiger partial charge in [-0.25, -0.2) is 0 Å². The van der Waals surface area contributed by atoms with E-state index in [0.29, 0.717) is 0 Å². The Hall–Kier alpha value is -1.02. The Morgan fingerprint density at radius 1 is 1.38 bits per heavy atom. The molecule has 0 radical (unpaired) electrons. The minimum absolute atomic E-state index is 0.842. The number of unbranched alkanes of at least 4 members (excludes halogenated alkanes) is 1. The van der Waals surface area contributed by atoms with Gasteiger partial charge in [0.2, 0.25) is 0 Å². The van der Waals surface area contributed by atoms with Gasteiger partial charge in [0.1, 0.15) is 0 Å². The van der Waals surface area contributed by atoms with Crippen LogP contribution in [0.1, 0.15) is 25.3 Å². The Morgan fingerprint density at radius 3 is 2.92 bits per heavy atom. The molecule has 1 aromatic rings. The summed E-state index contributed by atoms with van der Waals surface area (Å²) in [6.07, 6.45) is 2.48. The first-order chi connectivity index (χ1) is 6.33. The SMILES string of the molecule is CCCCNCc1cccc(N)c1. The van der Waals surface area contributed by atoms with Gasteiger partial charge < -0.3 is 11.1 Å². The second-order valence-corrected chi connectivity index (χ2v) is 3.28. The molecule has 1 aromatic carbocycles. The lowest BCUT2D eigenvalue weighted by atomic mass is 10.2. The highest BCUT2D eigenvalue weighted by molar-refractivity contribution is 5.40. The molecule has 0 atom stereocenters. The Labute approximate surface area is 80.1 Å². The fourth-order valence-electron chi connectivity index (χ4n) is 1.24. The molecular formula is C11H18N2. The minimum Gasteiger partial charge on any atom is -0.399 e. The number of rotatable bonds is 5.